The van der Waals surface area contributed by atoms with Crippen molar-refractivity contribution in [3.63, 3.8) is 0 Å². The Morgan fingerprint density at radius 2 is 1.83 bits per heavy atom. The van der Waals surface area contributed by atoms with Crippen LogP contribution in [0.25, 0.3) is 16.6 Å². The Kier molecular flexibility index (Phi) is 8.17. The largest absolute Gasteiger partial charge is 0.365 e. The molecule has 0 bridgehead atoms. The van der Waals surface area contributed by atoms with Crippen molar-refractivity contribution in [2.24, 2.45) is 0 Å². The van der Waals surface area contributed by atoms with E-state index in [1.807, 2.05) is 50.3 Å². The monoisotopic (exact) mass is 459 g/mol. The summed E-state index contributed by atoms with van der Waals surface area (Å²) in [5.41, 5.74) is 3.63. The van der Waals surface area contributed by atoms with Gasteiger partial charge >= 0.3 is 0 Å². The molecule has 6 heteroatoms. The summed E-state index contributed by atoms with van der Waals surface area (Å²) in [6, 6.07) is 13.9. The van der Waals surface area contributed by atoms with Gasteiger partial charge in [-0.2, -0.15) is 15.6 Å². The highest BCUT2D eigenvalue weighted by molar-refractivity contribution is 9.10. The summed E-state index contributed by atoms with van der Waals surface area (Å²) in [7, 11) is 0. The molecule has 0 aliphatic carbocycles. The van der Waals surface area contributed by atoms with Gasteiger partial charge in [-0.3, -0.25) is 0 Å². The van der Waals surface area contributed by atoms with Crippen molar-refractivity contribution in [1.82, 2.24) is 9.61 Å². The molecule has 30 heavy (non-hydrogen) atoms. The number of pyridine rings is 1. The molecular weight excluding hydrogens is 438 g/mol. The summed E-state index contributed by atoms with van der Waals surface area (Å²) >= 11 is 3.48. The Labute approximate surface area is 185 Å². The van der Waals surface area contributed by atoms with Gasteiger partial charge in [-0.25, -0.2) is 4.52 Å². The Balaban J connectivity index is 0.00000155. The van der Waals surface area contributed by atoms with E-state index in [0.29, 0.717) is 39.0 Å². The first-order valence-corrected chi connectivity index (χ1v) is 10.2. The topological polar surface area (TPSA) is 76.9 Å². The molecule has 0 spiro atoms. The maximum absolute atomic E-state index is 9.97. The van der Waals surface area contributed by atoms with Gasteiger partial charge in [0.05, 0.1) is 16.2 Å². The smallest absolute Gasteiger partial charge is 0.147 e. The molecule has 2 heterocycles. The third-order valence-corrected chi connectivity index (χ3v) is 4.83. The SMILES string of the molecule is C=C/C=C(\C=C)CNc1c(C#N)c(-c2ccccc2)c(C#N)c2c(Br)cnn12.CC. The summed E-state index contributed by atoms with van der Waals surface area (Å²) < 4.78 is 2.27. The van der Waals surface area contributed by atoms with Crippen LogP contribution >= 0.6 is 15.9 Å². The molecule has 0 unspecified atom stereocenters. The Hall–Kier alpha value is -3.61. The molecule has 0 saturated carbocycles. The normalized spacial score (nSPS) is 10.4. The number of allylic oxidation sites excluding steroid dienone is 2. The summed E-state index contributed by atoms with van der Waals surface area (Å²) in [4.78, 5) is 0. The van der Waals surface area contributed by atoms with Crippen LogP contribution in [0.2, 0.25) is 0 Å². The van der Waals surface area contributed by atoms with E-state index >= 15 is 0 Å². The van der Waals surface area contributed by atoms with E-state index in [1.165, 1.54) is 0 Å². The predicted molar refractivity (Wildman–Crippen MR) is 126 cm³/mol. The zero-order valence-electron chi connectivity index (χ0n) is 17.0. The number of aromatic nitrogens is 2. The van der Waals surface area contributed by atoms with Gasteiger partial charge in [0.2, 0.25) is 0 Å². The standard InChI is InChI=1S/C22H16BrN5.C2H6/c1-3-8-15(4-2)13-26-22-18(12-25)20(16-9-6-5-7-10-16)17(11-24)21-19(23)14-27-28(21)22;1-2/h3-10,14,26H,1-2,13H2;1-2H3/b15-8+;. The van der Waals surface area contributed by atoms with E-state index in [1.54, 1.807) is 22.9 Å². The second kappa shape index (κ2) is 10.8. The first kappa shape index (κ1) is 22.7. The van der Waals surface area contributed by atoms with Gasteiger partial charge in [-0.05, 0) is 27.1 Å². The summed E-state index contributed by atoms with van der Waals surface area (Å²) in [5.74, 6) is 0.512. The van der Waals surface area contributed by atoms with E-state index < -0.39 is 0 Å². The number of benzene rings is 1. The van der Waals surface area contributed by atoms with Crippen molar-refractivity contribution >= 4 is 27.3 Å². The van der Waals surface area contributed by atoms with Crippen LogP contribution in [0.5, 0.6) is 0 Å². The third-order valence-electron chi connectivity index (χ3n) is 4.25. The molecule has 3 aromatic rings. The molecular formula is C24H22BrN5. The van der Waals surface area contributed by atoms with Crippen LogP contribution < -0.4 is 5.32 Å². The second-order valence-electron chi connectivity index (χ2n) is 5.85. The fourth-order valence-corrected chi connectivity index (χ4v) is 3.46. The van der Waals surface area contributed by atoms with Crippen molar-refractivity contribution in [2.75, 3.05) is 11.9 Å². The van der Waals surface area contributed by atoms with Crippen molar-refractivity contribution in [2.45, 2.75) is 13.8 Å². The number of halogens is 1. The number of anilines is 1. The maximum atomic E-state index is 9.97. The van der Waals surface area contributed by atoms with E-state index in [0.717, 1.165) is 11.1 Å². The molecule has 0 aliphatic rings. The van der Waals surface area contributed by atoms with Crippen LogP contribution in [-0.4, -0.2) is 16.2 Å². The number of nitrogens with zero attached hydrogens (tertiary/aromatic N) is 4. The lowest BCUT2D eigenvalue weighted by molar-refractivity contribution is 0.950. The molecule has 0 saturated heterocycles. The van der Waals surface area contributed by atoms with Gasteiger partial charge in [0.1, 0.15) is 29.0 Å². The average molecular weight is 460 g/mol. The van der Waals surface area contributed by atoms with Gasteiger partial charge in [-0.1, -0.05) is 75.6 Å². The molecule has 1 aromatic carbocycles. The first-order chi connectivity index (χ1) is 14.7. The fourth-order valence-electron chi connectivity index (χ4n) is 3.00. The lowest BCUT2D eigenvalue weighted by atomic mass is 9.95. The maximum Gasteiger partial charge on any atom is 0.147 e. The molecule has 0 radical (unpaired) electrons. The van der Waals surface area contributed by atoms with Gasteiger partial charge in [0.25, 0.3) is 0 Å². The van der Waals surface area contributed by atoms with Crippen molar-refractivity contribution in [3.8, 4) is 23.3 Å². The average Bonchev–Trinajstić information content (AvgIpc) is 3.18. The number of hydrogen-bond donors (Lipinski definition) is 1. The predicted octanol–water partition coefficient (Wildman–Crippen LogP) is 6.24. The molecule has 2 aromatic heterocycles. The fraction of sp³-hybridized carbons (Fsp3) is 0.125. The summed E-state index contributed by atoms with van der Waals surface area (Å²) in [6.07, 6.45) is 6.85. The Morgan fingerprint density at radius 3 is 2.40 bits per heavy atom. The minimum atomic E-state index is 0.355. The molecule has 0 amide bonds. The third kappa shape index (κ3) is 4.35. The van der Waals surface area contributed by atoms with E-state index in [2.05, 4.69) is 51.6 Å². The molecule has 5 nitrogen and oxygen atoms in total. The molecule has 3 rings (SSSR count). The van der Waals surface area contributed by atoms with Crippen LogP contribution in [0.3, 0.4) is 0 Å². The van der Waals surface area contributed by atoms with Crippen LogP contribution in [-0.2, 0) is 0 Å². The molecule has 1 N–H and O–H groups in total. The number of nitrogens with one attached hydrogen (secondary N) is 1. The Bertz CT molecular complexity index is 1170. The number of rotatable bonds is 6. The number of fused-ring (bicyclic) bond motifs is 1. The van der Waals surface area contributed by atoms with Crippen molar-refractivity contribution in [3.05, 3.63) is 89.1 Å². The molecule has 0 aliphatic heterocycles. The highest BCUT2D eigenvalue weighted by Crippen LogP contribution is 2.37. The van der Waals surface area contributed by atoms with E-state index in [9.17, 15) is 10.5 Å². The molecule has 150 valence electrons. The van der Waals surface area contributed by atoms with Crippen LogP contribution in [0.4, 0.5) is 5.82 Å². The van der Waals surface area contributed by atoms with Crippen LogP contribution in [0.1, 0.15) is 25.0 Å². The van der Waals surface area contributed by atoms with Gasteiger partial charge in [0.15, 0.2) is 0 Å². The van der Waals surface area contributed by atoms with Crippen molar-refractivity contribution in [1.29, 1.82) is 10.5 Å². The molecule has 0 atom stereocenters. The lowest BCUT2D eigenvalue weighted by Gasteiger charge is -2.16. The van der Waals surface area contributed by atoms with Crippen molar-refractivity contribution < 1.29 is 0 Å². The number of nitriles is 2. The molecule has 0 fully saturated rings. The lowest BCUT2D eigenvalue weighted by Crippen LogP contribution is -2.12. The van der Waals surface area contributed by atoms with Crippen LogP contribution in [0.15, 0.2) is 78.0 Å². The quantitative estimate of drug-likeness (QED) is 0.442. The van der Waals surface area contributed by atoms with Gasteiger partial charge < -0.3 is 5.32 Å². The number of hydrogen-bond acceptors (Lipinski definition) is 4. The van der Waals surface area contributed by atoms with E-state index in [-0.39, 0.29) is 0 Å². The van der Waals surface area contributed by atoms with Gasteiger partial charge in [-0.15, -0.1) is 0 Å². The summed E-state index contributed by atoms with van der Waals surface area (Å²) in [5, 5.41) is 27.5. The zero-order valence-corrected chi connectivity index (χ0v) is 18.6. The Morgan fingerprint density at radius 1 is 1.17 bits per heavy atom. The minimum absolute atomic E-state index is 0.355. The first-order valence-electron chi connectivity index (χ1n) is 9.43. The van der Waals surface area contributed by atoms with E-state index in [4.69, 9.17) is 0 Å². The highest BCUT2D eigenvalue weighted by Gasteiger charge is 2.23. The van der Waals surface area contributed by atoms with Gasteiger partial charge in [0, 0.05) is 12.1 Å². The minimum Gasteiger partial charge on any atom is -0.365 e. The highest BCUT2D eigenvalue weighted by atomic mass is 79.9. The second-order valence-corrected chi connectivity index (χ2v) is 6.71. The van der Waals surface area contributed by atoms with Crippen LogP contribution in [0, 0.1) is 22.7 Å². The zero-order chi connectivity index (χ0) is 22.1. The summed E-state index contributed by atoms with van der Waals surface area (Å²) in [6.45, 7) is 11.9.